The molecule has 1 aliphatic heterocycles. The summed E-state index contributed by atoms with van der Waals surface area (Å²) in [4.78, 5) is 27.5. The van der Waals surface area contributed by atoms with Gasteiger partial charge in [0.15, 0.2) is 16.3 Å². The number of ether oxygens (including phenoxy) is 4. The van der Waals surface area contributed by atoms with Gasteiger partial charge in [-0.15, -0.1) is 24.5 Å². The van der Waals surface area contributed by atoms with Crippen molar-refractivity contribution in [3.05, 3.63) is 52.6 Å². The summed E-state index contributed by atoms with van der Waals surface area (Å²) >= 11 is 1.34. The van der Waals surface area contributed by atoms with E-state index in [-0.39, 0.29) is 19.1 Å². The molecule has 38 heavy (non-hydrogen) atoms. The number of aromatic nitrogens is 1. The van der Waals surface area contributed by atoms with Crippen LogP contribution in [0, 0.1) is 0 Å². The van der Waals surface area contributed by atoms with E-state index in [1.807, 2.05) is 22.1 Å². The number of nitrogens with zero attached hydrogens (tertiary/aromatic N) is 2. The van der Waals surface area contributed by atoms with Crippen LogP contribution in [0.1, 0.15) is 6.42 Å². The first-order valence-corrected chi connectivity index (χ1v) is 12.1. The second-order valence-electron chi connectivity index (χ2n) is 7.87. The van der Waals surface area contributed by atoms with Crippen molar-refractivity contribution in [2.45, 2.75) is 19.3 Å². The normalized spacial score (nSPS) is 13.0. The van der Waals surface area contributed by atoms with Crippen molar-refractivity contribution in [1.82, 2.24) is 9.88 Å². The molecule has 3 aromatic rings. The Morgan fingerprint density at radius 1 is 1.11 bits per heavy atom. The fraction of sp³-hybridized carbons (Fsp3) is 0.292. The molecule has 0 bridgehead atoms. The summed E-state index contributed by atoms with van der Waals surface area (Å²) in [6.07, 6.45) is -4.28. The number of benzene rings is 2. The Labute approximate surface area is 217 Å². The molecule has 0 spiro atoms. The summed E-state index contributed by atoms with van der Waals surface area (Å²) in [5.74, 6) is -0.716. The van der Waals surface area contributed by atoms with Gasteiger partial charge in [-0.25, -0.2) is 9.79 Å². The molecule has 2 aromatic carbocycles. The summed E-state index contributed by atoms with van der Waals surface area (Å²) in [7, 11) is 0. The summed E-state index contributed by atoms with van der Waals surface area (Å²) in [5, 5.41) is 13.1. The first-order valence-electron chi connectivity index (χ1n) is 11.2. The van der Waals surface area contributed by atoms with Crippen LogP contribution in [0.5, 0.6) is 17.2 Å². The van der Waals surface area contributed by atoms with Gasteiger partial charge in [-0.2, -0.15) is 0 Å². The molecule has 1 amide bonds. The number of thiazole rings is 1. The number of nitrogens with one attached hydrogen (secondary N) is 1. The molecule has 0 atom stereocenters. The summed E-state index contributed by atoms with van der Waals surface area (Å²) in [6, 6.07) is 10.7. The Morgan fingerprint density at radius 2 is 1.87 bits per heavy atom. The molecule has 14 heteroatoms. The minimum Gasteiger partial charge on any atom is -0.480 e. The highest BCUT2D eigenvalue weighted by molar-refractivity contribution is 7.07. The highest BCUT2D eigenvalue weighted by Gasteiger charge is 2.31. The van der Waals surface area contributed by atoms with Crippen molar-refractivity contribution in [1.29, 1.82) is 0 Å². The quantitative estimate of drug-likeness (QED) is 0.348. The maximum absolute atomic E-state index is 12.5. The number of carbonyl (C=O) groups excluding carboxylic acids is 1. The molecule has 0 saturated carbocycles. The largest absolute Gasteiger partial charge is 0.573 e. The molecule has 4 rings (SSSR count). The minimum atomic E-state index is -4.78. The minimum absolute atomic E-state index is 0.132. The zero-order chi connectivity index (χ0) is 27.1. The number of fused-ring (bicyclic) bond motifs is 1. The molecule has 10 nitrogen and oxygen atoms in total. The zero-order valence-electron chi connectivity index (χ0n) is 19.7. The highest BCUT2D eigenvalue weighted by Crippen LogP contribution is 2.36. The Bertz CT molecular complexity index is 1350. The Hall–Kier alpha value is -4.04. The number of amides is 1. The fourth-order valence-electron chi connectivity index (χ4n) is 3.50. The van der Waals surface area contributed by atoms with Crippen molar-refractivity contribution >= 4 is 28.9 Å². The predicted octanol–water partition coefficient (Wildman–Crippen LogP) is 3.68. The number of carboxylic acids is 1. The van der Waals surface area contributed by atoms with Crippen LogP contribution >= 0.6 is 11.3 Å². The van der Waals surface area contributed by atoms with Gasteiger partial charge < -0.3 is 33.9 Å². The molecule has 0 fully saturated rings. The average molecular weight is 554 g/mol. The average Bonchev–Trinajstić information content (AvgIpc) is 3.48. The summed E-state index contributed by atoms with van der Waals surface area (Å²) in [5.41, 5.74) is 2.09. The van der Waals surface area contributed by atoms with Gasteiger partial charge >= 0.3 is 12.3 Å². The number of alkyl halides is 3. The van der Waals surface area contributed by atoms with Crippen molar-refractivity contribution in [2.75, 3.05) is 26.6 Å². The van der Waals surface area contributed by atoms with Crippen LogP contribution in [0.15, 0.2) is 52.8 Å². The van der Waals surface area contributed by atoms with Crippen LogP contribution < -0.4 is 24.3 Å². The van der Waals surface area contributed by atoms with E-state index in [0.29, 0.717) is 41.5 Å². The monoisotopic (exact) mass is 553 g/mol. The van der Waals surface area contributed by atoms with Gasteiger partial charge in [0.05, 0.1) is 11.4 Å². The molecule has 1 aromatic heterocycles. The third kappa shape index (κ3) is 7.49. The van der Waals surface area contributed by atoms with E-state index >= 15 is 0 Å². The van der Waals surface area contributed by atoms with Gasteiger partial charge in [0.25, 0.3) is 0 Å². The van der Waals surface area contributed by atoms with Gasteiger partial charge in [0.2, 0.25) is 12.7 Å². The number of carboxylic acid groups (broad SMARTS) is 1. The molecule has 0 radical (unpaired) electrons. The van der Waals surface area contributed by atoms with E-state index in [1.54, 1.807) is 6.07 Å². The predicted molar refractivity (Wildman–Crippen MR) is 128 cm³/mol. The summed E-state index contributed by atoms with van der Waals surface area (Å²) in [6.45, 7) is -0.0631. The van der Waals surface area contributed by atoms with Crippen molar-refractivity contribution in [3.63, 3.8) is 0 Å². The van der Waals surface area contributed by atoms with E-state index in [1.165, 1.54) is 35.6 Å². The maximum Gasteiger partial charge on any atom is 0.573 e. The van der Waals surface area contributed by atoms with Crippen LogP contribution in [0.3, 0.4) is 0 Å². The number of hydrogen-bond acceptors (Lipinski definition) is 8. The second-order valence-corrected chi connectivity index (χ2v) is 8.70. The molecule has 202 valence electrons. The van der Waals surface area contributed by atoms with Crippen molar-refractivity contribution in [3.8, 4) is 28.5 Å². The smallest absolute Gasteiger partial charge is 0.480 e. The molecular formula is C24H22F3N3O7S. The third-order valence-corrected chi connectivity index (χ3v) is 5.96. The molecular weight excluding hydrogens is 531 g/mol. The van der Waals surface area contributed by atoms with Crippen LogP contribution in [-0.2, 0) is 20.9 Å². The van der Waals surface area contributed by atoms with E-state index in [9.17, 15) is 22.8 Å². The molecule has 0 aliphatic carbocycles. The lowest BCUT2D eigenvalue weighted by Gasteiger charge is -2.11. The first kappa shape index (κ1) is 27.0. The fourth-order valence-corrected chi connectivity index (χ4v) is 4.46. The second kappa shape index (κ2) is 12.0. The van der Waals surface area contributed by atoms with Crippen molar-refractivity contribution < 1.29 is 46.8 Å². The van der Waals surface area contributed by atoms with Gasteiger partial charge in [0, 0.05) is 24.0 Å². The number of halogens is 3. The third-order valence-electron chi connectivity index (χ3n) is 5.10. The van der Waals surface area contributed by atoms with Crippen molar-refractivity contribution in [2.24, 2.45) is 4.99 Å². The van der Waals surface area contributed by atoms with Crippen LogP contribution in [0.2, 0.25) is 0 Å². The Kier molecular flexibility index (Phi) is 8.53. The first-order chi connectivity index (χ1) is 18.2. The van der Waals surface area contributed by atoms with Crippen LogP contribution in [0.25, 0.3) is 11.3 Å². The lowest BCUT2D eigenvalue weighted by atomic mass is 10.1. The van der Waals surface area contributed by atoms with E-state index < -0.39 is 24.8 Å². The van der Waals surface area contributed by atoms with Gasteiger partial charge in [0.1, 0.15) is 19.0 Å². The van der Waals surface area contributed by atoms with E-state index in [0.717, 1.165) is 11.3 Å². The molecule has 0 saturated heterocycles. The Morgan fingerprint density at radius 3 is 2.61 bits per heavy atom. The molecule has 2 heterocycles. The number of aliphatic carboxylic acids is 1. The Balaban J connectivity index is 1.52. The SMILES string of the molecule is O=C(O)COCC(=O)NCCCn1c(-c2ccc3c(c2)OCO3)csc1=Nc1ccc(OC(F)(F)F)cc1. The van der Waals surface area contributed by atoms with Gasteiger partial charge in [-0.05, 0) is 48.9 Å². The van der Waals surface area contributed by atoms with Gasteiger partial charge in [-0.1, -0.05) is 0 Å². The zero-order valence-corrected chi connectivity index (χ0v) is 20.5. The molecule has 1 aliphatic rings. The maximum atomic E-state index is 12.5. The lowest BCUT2D eigenvalue weighted by Crippen LogP contribution is -2.30. The molecule has 2 N–H and O–H groups in total. The molecule has 0 unspecified atom stereocenters. The number of carbonyl (C=O) groups is 2. The number of rotatable bonds is 11. The summed E-state index contributed by atoms with van der Waals surface area (Å²) < 4.78 is 58.8. The topological polar surface area (TPSA) is 121 Å². The van der Waals surface area contributed by atoms with Gasteiger partial charge in [-0.3, -0.25) is 4.79 Å². The standard InChI is InChI=1S/C24H22F3N3O7S/c25-24(26,27)37-17-5-3-16(4-6-17)29-23-30(9-1-8-28-21(31)11-34-12-22(32)33)18(13-38-23)15-2-7-19-20(10-15)36-14-35-19/h2-7,10,13H,1,8-9,11-12,14H2,(H,28,31)(H,32,33). The van der Waals surface area contributed by atoms with E-state index in [2.05, 4.69) is 15.0 Å². The van der Waals surface area contributed by atoms with E-state index in [4.69, 9.17) is 19.3 Å². The lowest BCUT2D eigenvalue weighted by molar-refractivity contribution is -0.274. The number of hydrogen-bond donors (Lipinski definition) is 2. The van der Waals surface area contributed by atoms with Crippen LogP contribution in [0.4, 0.5) is 18.9 Å². The van der Waals surface area contributed by atoms with Crippen LogP contribution in [-0.4, -0.2) is 54.5 Å². The highest BCUT2D eigenvalue weighted by atomic mass is 32.1.